The summed E-state index contributed by atoms with van der Waals surface area (Å²) in [5.41, 5.74) is 1.16. The average Bonchev–Trinajstić information content (AvgIpc) is 3.16. The number of hydrogen-bond donors (Lipinski definition) is 1. The predicted octanol–water partition coefficient (Wildman–Crippen LogP) is 3.95. The highest BCUT2D eigenvalue weighted by Crippen LogP contribution is 2.40. The Labute approximate surface area is 180 Å². The second-order valence-electron chi connectivity index (χ2n) is 7.88. The summed E-state index contributed by atoms with van der Waals surface area (Å²) in [5.74, 6) is 0.121. The van der Waals surface area contributed by atoms with Crippen LogP contribution in [-0.2, 0) is 22.4 Å². The van der Waals surface area contributed by atoms with Gasteiger partial charge in [0.1, 0.15) is 11.6 Å². The van der Waals surface area contributed by atoms with Gasteiger partial charge in [-0.25, -0.2) is 4.39 Å². The van der Waals surface area contributed by atoms with E-state index in [0.29, 0.717) is 43.0 Å². The summed E-state index contributed by atoms with van der Waals surface area (Å²) in [5, 5.41) is 10.5. The molecule has 2 aromatic rings. The molecule has 4 rings (SSSR count). The summed E-state index contributed by atoms with van der Waals surface area (Å²) < 4.78 is 65.0. The molecular weight excluding hydrogens is 434 g/mol. The van der Waals surface area contributed by atoms with Crippen LogP contribution in [0.1, 0.15) is 48.9 Å². The fourth-order valence-corrected chi connectivity index (χ4v) is 3.70. The van der Waals surface area contributed by atoms with Crippen LogP contribution in [0.2, 0.25) is 0 Å². The Kier molecular flexibility index (Phi) is 6.18. The van der Waals surface area contributed by atoms with Crippen LogP contribution in [0.5, 0.6) is 5.75 Å². The molecular formula is C21H21F4N3O4. The molecule has 1 aliphatic heterocycles. The van der Waals surface area contributed by atoms with Crippen LogP contribution >= 0.6 is 0 Å². The molecule has 2 aliphatic rings. The SMILES string of the molecule is C=C(CCc1nnc(C2CC(OC(F)(F)F)C2)o1)NC(=O)[C@@H]1CCc2cc(F)ccc2O1. The highest BCUT2D eigenvalue weighted by Gasteiger charge is 2.42. The minimum atomic E-state index is -4.65. The number of allylic oxidation sites excluding steroid dienone is 1. The number of nitrogens with one attached hydrogen (secondary N) is 1. The fraction of sp³-hybridized carbons (Fsp3) is 0.476. The lowest BCUT2D eigenvalue weighted by Crippen LogP contribution is -2.39. The van der Waals surface area contributed by atoms with Gasteiger partial charge in [-0.05, 0) is 55.9 Å². The van der Waals surface area contributed by atoms with E-state index in [1.165, 1.54) is 18.2 Å². The molecule has 0 radical (unpaired) electrons. The maximum absolute atomic E-state index is 13.3. The van der Waals surface area contributed by atoms with Crippen molar-refractivity contribution in [3.63, 3.8) is 0 Å². The summed E-state index contributed by atoms with van der Waals surface area (Å²) in [7, 11) is 0. The van der Waals surface area contributed by atoms with Gasteiger partial charge >= 0.3 is 6.36 Å². The Bertz CT molecular complexity index is 1000. The summed E-state index contributed by atoms with van der Waals surface area (Å²) in [6.07, 6.45) is -4.31. The number of halogens is 4. The number of nitrogens with zero attached hydrogens (tertiary/aromatic N) is 2. The molecule has 32 heavy (non-hydrogen) atoms. The van der Waals surface area contributed by atoms with Crippen LogP contribution in [0.3, 0.4) is 0 Å². The first-order valence-corrected chi connectivity index (χ1v) is 10.2. The molecule has 0 unspecified atom stereocenters. The molecule has 7 nitrogen and oxygen atoms in total. The van der Waals surface area contributed by atoms with Gasteiger partial charge in [-0.15, -0.1) is 23.4 Å². The third-order valence-electron chi connectivity index (χ3n) is 5.43. The zero-order valence-corrected chi connectivity index (χ0v) is 17.0. The van der Waals surface area contributed by atoms with Crippen molar-refractivity contribution >= 4 is 5.91 Å². The van der Waals surface area contributed by atoms with Crippen molar-refractivity contribution in [1.29, 1.82) is 0 Å². The molecule has 11 heteroatoms. The van der Waals surface area contributed by atoms with E-state index in [4.69, 9.17) is 9.15 Å². The van der Waals surface area contributed by atoms with E-state index in [9.17, 15) is 22.4 Å². The van der Waals surface area contributed by atoms with Crippen LogP contribution in [-0.4, -0.2) is 34.7 Å². The van der Waals surface area contributed by atoms with E-state index in [-0.39, 0.29) is 36.4 Å². The monoisotopic (exact) mass is 455 g/mol. The highest BCUT2D eigenvalue weighted by atomic mass is 19.4. The Balaban J connectivity index is 1.20. The Morgan fingerprint density at radius 2 is 2.06 bits per heavy atom. The second-order valence-corrected chi connectivity index (χ2v) is 7.88. The van der Waals surface area contributed by atoms with E-state index in [1.54, 1.807) is 0 Å². The summed E-state index contributed by atoms with van der Waals surface area (Å²) in [6.45, 7) is 3.82. The Hall–Kier alpha value is -2.95. The number of carbonyl (C=O) groups excluding carboxylic acids is 1. The fourth-order valence-electron chi connectivity index (χ4n) is 3.70. The summed E-state index contributed by atoms with van der Waals surface area (Å²) in [6, 6.07) is 4.18. The van der Waals surface area contributed by atoms with Crippen LogP contribution < -0.4 is 10.1 Å². The molecule has 1 N–H and O–H groups in total. The van der Waals surface area contributed by atoms with Crippen LogP contribution in [0.15, 0.2) is 34.9 Å². The second kappa shape index (κ2) is 8.89. The van der Waals surface area contributed by atoms with Gasteiger partial charge in [0, 0.05) is 18.0 Å². The van der Waals surface area contributed by atoms with Crippen molar-refractivity contribution in [2.45, 2.75) is 63.0 Å². The number of aryl methyl sites for hydroxylation is 2. The van der Waals surface area contributed by atoms with Crippen LogP contribution in [0, 0.1) is 5.82 Å². The number of alkyl halides is 3. The minimum Gasteiger partial charge on any atom is -0.480 e. The van der Waals surface area contributed by atoms with Gasteiger partial charge < -0.3 is 14.5 Å². The first-order chi connectivity index (χ1) is 15.2. The van der Waals surface area contributed by atoms with Gasteiger partial charge in [0.05, 0.1) is 6.10 Å². The van der Waals surface area contributed by atoms with Gasteiger partial charge in [0.15, 0.2) is 6.10 Å². The van der Waals surface area contributed by atoms with Crippen molar-refractivity contribution < 1.29 is 36.2 Å². The Morgan fingerprint density at radius 3 is 2.81 bits per heavy atom. The number of benzene rings is 1. The predicted molar refractivity (Wildman–Crippen MR) is 102 cm³/mol. The van der Waals surface area contributed by atoms with E-state index in [0.717, 1.165) is 5.56 Å². The molecule has 0 spiro atoms. The number of carbonyl (C=O) groups is 1. The standard InChI is InChI=1S/C21H21F4N3O4/c1-11(26-19(29)17-5-3-12-8-14(22)4-6-16(12)30-17)2-7-18-27-28-20(31-18)13-9-15(10-13)32-21(23,24)25/h4,6,8,13,15,17H,1-3,5,7,9-10H2,(H,26,29)/t13?,15?,17-/m0/s1. The van der Waals surface area contributed by atoms with Crippen molar-refractivity contribution in [2.75, 3.05) is 0 Å². The quantitative estimate of drug-likeness (QED) is 0.637. The van der Waals surface area contributed by atoms with E-state index >= 15 is 0 Å². The number of ether oxygens (including phenoxy) is 2. The van der Waals surface area contributed by atoms with E-state index in [1.807, 2.05) is 0 Å². The van der Waals surface area contributed by atoms with Crippen molar-refractivity contribution in [2.24, 2.45) is 0 Å². The van der Waals surface area contributed by atoms with Gasteiger partial charge in [-0.3, -0.25) is 9.53 Å². The maximum Gasteiger partial charge on any atom is 0.522 e. The third kappa shape index (κ3) is 5.45. The normalized spacial score (nSPS) is 22.4. The van der Waals surface area contributed by atoms with Crippen LogP contribution in [0.25, 0.3) is 0 Å². The molecule has 0 bridgehead atoms. The van der Waals surface area contributed by atoms with E-state index in [2.05, 4.69) is 26.8 Å². The van der Waals surface area contributed by atoms with E-state index < -0.39 is 18.6 Å². The topological polar surface area (TPSA) is 86.5 Å². The molecule has 0 saturated heterocycles. The van der Waals surface area contributed by atoms with Gasteiger partial charge in [0.2, 0.25) is 11.8 Å². The lowest BCUT2D eigenvalue weighted by Gasteiger charge is -2.32. The average molecular weight is 455 g/mol. The maximum atomic E-state index is 13.3. The summed E-state index contributed by atoms with van der Waals surface area (Å²) >= 11 is 0. The number of rotatable bonds is 7. The van der Waals surface area contributed by atoms with Crippen molar-refractivity contribution in [1.82, 2.24) is 15.5 Å². The number of amides is 1. The van der Waals surface area contributed by atoms with Crippen LogP contribution in [0.4, 0.5) is 17.6 Å². The Morgan fingerprint density at radius 1 is 1.28 bits per heavy atom. The zero-order chi connectivity index (χ0) is 22.9. The first kappa shape index (κ1) is 22.3. The number of fused-ring (bicyclic) bond motifs is 1. The molecule has 1 atom stereocenters. The van der Waals surface area contributed by atoms with Gasteiger partial charge in [0.25, 0.3) is 5.91 Å². The zero-order valence-electron chi connectivity index (χ0n) is 17.0. The third-order valence-corrected chi connectivity index (χ3v) is 5.43. The molecule has 172 valence electrons. The molecule has 1 aromatic heterocycles. The van der Waals surface area contributed by atoms with Gasteiger partial charge in [-0.1, -0.05) is 6.58 Å². The molecule has 1 aliphatic carbocycles. The molecule has 1 aromatic carbocycles. The lowest BCUT2D eigenvalue weighted by atomic mass is 9.82. The largest absolute Gasteiger partial charge is 0.522 e. The number of aromatic nitrogens is 2. The molecule has 1 fully saturated rings. The smallest absolute Gasteiger partial charge is 0.480 e. The van der Waals surface area contributed by atoms with Crippen molar-refractivity contribution in [3.8, 4) is 5.75 Å². The lowest BCUT2D eigenvalue weighted by molar-refractivity contribution is -0.352. The minimum absolute atomic E-state index is 0.168. The highest BCUT2D eigenvalue weighted by molar-refractivity contribution is 5.83. The molecule has 1 saturated carbocycles. The summed E-state index contributed by atoms with van der Waals surface area (Å²) in [4.78, 5) is 12.5. The van der Waals surface area contributed by atoms with Gasteiger partial charge in [-0.2, -0.15) is 0 Å². The van der Waals surface area contributed by atoms with Crippen molar-refractivity contribution in [3.05, 3.63) is 53.6 Å². The molecule has 1 amide bonds. The number of hydrogen-bond acceptors (Lipinski definition) is 6. The molecule has 2 heterocycles. The first-order valence-electron chi connectivity index (χ1n) is 10.2.